The lowest BCUT2D eigenvalue weighted by molar-refractivity contribution is -0.123. The lowest BCUT2D eigenvalue weighted by atomic mass is 9.97. The van der Waals surface area contributed by atoms with Crippen molar-refractivity contribution in [3.8, 4) is 0 Å². The first-order valence-corrected chi connectivity index (χ1v) is 8.03. The Balaban J connectivity index is 2.03. The maximum atomic E-state index is 12.3. The molecule has 0 fully saturated rings. The van der Waals surface area contributed by atoms with Gasteiger partial charge in [0.05, 0.1) is 5.56 Å². The van der Waals surface area contributed by atoms with E-state index in [9.17, 15) is 9.59 Å². The van der Waals surface area contributed by atoms with Gasteiger partial charge in [-0.25, -0.2) is 4.79 Å². The number of para-hydroxylation sites is 1. The molecule has 1 heterocycles. The van der Waals surface area contributed by atoms with Gasteiger partial charge in [0.25, 0.3) is 5.91 Å². The molecule has 1 amide bonds. The van der Waals surface area contributed by atoms with Gasteiger partial charge in [-0.05, 0) is 43.0 Å². The number of esters is 1. The van der Waals surface area contributed by atoms with E-state index in [-0.39, 0.29) is 5.91 Å². The molecule has 0 bridgehead atoms. The van der Waals surface area contributed by atoms with Crippen LogP contribution in [-0.2, 0) is 9.53 Å². The zero-order chi connectivity index (χ0) is 17.5. The zero-order valence-electron chi connectivity index (χ0n) is 14.2. The smallest absolute Gasteiger partial charge is 0.339 e. The molecule has 0 unspecified atom stereocenters. The number of hydrogen-bond donors (Lipinski definition) is 1. The summed E-state index contributed by atoms with van der Waals surface area (Å²) in [5.74, 6) is -0.570. The first-order valence-electron chi connectivity index (χ1n) is 8.03. The molecule has 5 heteroatoms. The number of hydrogen-bond acceptors (Lipinski definition) is 4. The Morgan fingerprint density at radius 3 is 2.46 bits per heavy atom. The van der Waals surface area contributed by atoms with Crippen LogP contribution in [0.25, 0.3) is 0 Å². The van der Waals surface area contributed by atoms with Crippen LogP contribution >= 0.6 is 0 Å². The monoisotopic (exact) mass is 326 g/mol. The van der Waals surface area contributed by atoms with Crippen LogP contribution in [-0.4, -0.2) is 23.0 Å². The van der Waals surface area contributed by atoms with Gasteiger partial charge in [0.2, 0.25) is 0 Å². The van der Waals surface area contributed by atoms with Crippen molar-refractivity contribution in [1.29, 1.82) is 0 Å². The van der Waals surface area contributed by atoms with Crippen molar-refractivity contribution in [2.24, 2.45) is 0 Å². The molecule has 0 aliphatic heterocycles. The fraction of sp³-hybridized carbons (Fsp3) is 0.316. The number of nitrogens with zero attached hydrogens (tertiary/aromatic N) is 1. The second-order valence-electron chi connectivity index (χ2n) is 5.67. The van der Waals surface area contributed by atoms with Gasteiger partial charge in [0, 0.05) is 18.1 Å². The maximum Gasteiger partial charge on any atom is 0.339 e. The zero-order valence-corrected chi connectivity index (χ0v) is 14.2. The number of nitrogens with one attached hydrogen (secondary N) is 1. The highest BCUT2D eigenvalue weighted by Crippen LogP contribution is 2.26. The quantitative estimate of drug-likeness (QED) is 0.820. The molecule has 2 aromatic rings. The minimum atomic E-state index is -0.893. The van der Waals surface area contributed by atoms with E-state index in [0.29, 0.717) is 11.5 Å². The number of rotatable bonds is 6. The number of ether oxygens (including phenoxy) is 1. The van der Waals surface area contributed by atoms with Crippen molar-refractivity contribution in [2.45, 2.75) is 39.2 Å². The Morgan fingerprint density at radius 2 is 1.79 bits per heavy atom. The average molecular weight is 326 g/mol. The number of anilines is 1. The Labute approximate surface area is 142 Å². The average Bonchev–Trinajstić information content (AvgIpc) is 2.62. The fourth-order valence-corrected chi connectivity index (χ4v) is 2.26. The number of aromatic nitrogens is 1. The van der Waals surface area contributed by atoms with Gasteiger partial charge >= 0.3 is 5.97 Å². The predicted molar refractivity (Wildman–Crippen MR) is 92.9 cm³/mol. The second-order valence-corrected chi connectivity index (χ2v) is 5.67. The summed E-state index contributed by atoms with van der Waals surface area (Å²) in [7, 11) is 0. The summed E-state index contributed by atoms with van der Waals surface area (Å²) in [5.41, 5.74) is 2.19. The summed E-state index contributed by atoms with van der Waals surface area (Å²) in [6.45, 7) is 5.76. The van der Waals surface area contributed by atoms with E-state index in [0.717, 1.165) is 17.7 Å². The Kier molecular flexibility index (Phi) is 6.07. The van der Waals surface area contributed by atoms with Crippen molar-refractivity contribution in [2.75, 3.05) is 5.32 Å². The van der Waals surface area contributed by atoms with Gasteiger partial charge in [0.1, 0.15) is 0 Å². The number of pyridine rings is 1. The van der Waals surface area contributed by atoms with Crippen LogP contribution in [0.4, 0.5) is 5.69 Å². The SMILES string of the molecule is CC[C@@H](C)c1ccccc1NC(=O)[C@H](C)OC(=O)c1ccncc1. The van der Waals surface area contributed by atoms with Gasteiger partial charge in [-0.1, -0.05) is 32.0 Å². The summed E-state index contributed by atoms with van der Waals surface area (Å²) in [5, 5.41) is 2.85. The Bertz CT molecular complexity index is 701. The van der Waals surface area contributed by atoms with E-state index in [1.54, 1.807) is 19.1 Å². The first-order chi connectivity index (χ1) is 11.5. The van der Waals surface area contributed by atoms with Crippen molar-refractivity contribution >= 4 is 17.6 Å². The highest BCUT2D eigenvalue weighted by molar-refractivity contribution is 5.97. The highest BCUT2D eigenvalue weighted by atomic mass is 16.5. The van der Waals surface area contributed by atoms with Crippen molar-refractivity contribution in [3.63, 3.8) is 0 Å². The second kappa shape index (κ2) is 8.24. The molecule has 0 saturated heterocycles. The molecular formula is C19H22N2O3. The molecule has 2 atom stereocenters. The van der Waals surface area contributed by atoms with Gasteiger partial charge < -0.3 is 10.1 Å². The normalized spacial score (nSPS) is 13.0. The number of carbonyl (C=O) groups excluding carboxylic acids is 2. The van der Waals surface area contributed by atoms with E-state index in [1.165, 1.54) is 12.4 Å². The number of amides is 1. The molecule has 1 aromatic heterocycles. The molecule has 0 aliphatic carbocycles. The summed E-state index contributed by atoms with van der Waals surface area (Å²) in [4.78, 5) is 28.2. The molecule has 24 heavy (non-hydrogen) atoms. The number of benzene rings is 1. The Hall–Kier alpha value is -2.69. The third-order valence-corrected chi connectivity index (χ3v) is 3.93. The van der Waals surface area contributed by atoms with Crippen LogP contribution in [0.1, 0.15) is 49.0 Å². The van der Waals surface area contributed by atoms with E-state index in [2.05, 4.69) is 24.1 Å². The van der Waals surface area contributed by atoms with Gasteiger partial charge in [-0.15, -0.1) is 0 Å². The lowest BCUT2D eigenvalue weighted by Crippen LogP contribution is -2.30. The number of carbonyl (C=O) groups is 2. The summed E-state index contributed by atoms with van der Waals surface area (Å²) >= 11 is 0. The summed E-state index contributed by atoms with van der Waals surface area (Å²) in [6.07, 6.45) is 3.09. The molecule has 1 N–H and O–H groups in total. The molecule has 126 valence electrons. The molecule has 1 aromatic carbocycles. The Morgan fingerprint density at radius 1 is 1.12 bits per heavy atom. The molecule has 2 rings (SSSR count). The van der Waals surface area contributed by atoms with Crippen molar-refractivity contribution < 1.29 is 14.3 Å². The minimum Gasteiger partial charge on any atom is -0.449 e. The third kappa shape index (κ3) is 4.41. The van der Waals surface area contributed by atoms with E-state index in [1.807, 2.05) is 24.3 Å². The fourth-order valence-electron chi connectivity index (χ4n) is 2.26. The van der Waals surface area contributed by atoms with Crippen molar-refractivity contribution in [3.05, 3.63) is 59.9 Å². The molecule has 0 saturated carbocycles. The third-order valence-electron chi connectivity index (χ3n) is 3.93. The van der Waals surface area contributed by atoms with Gasteiger partial charge in [-0.3, -0.25) is 9.78 Å². The van der Waals surface area contributed by atoms with Crippen LogP contribution in [0, 0.1) is 0 Å². The van der Waals surface area contributed by atoms with Crippen LogP contribution in [0.5, 0.6) is 0 Å². The first kappa shape index (κ1) is 17.7. The lowest BCUT2D eigenvalue weighted by Gasteiger charge is -2.18. The van der Waals surface area contributed by atoms with E-state index < -0.39 is 12.1 Å². The maximum absolute atomic E-state index is 12.3. The molecule has 5 nitrogen and oxygen atoms in total. The van der Waals surface area contributed by atoms with Crippen LogP contribution in [0.2, 0.25) is 0 Å². The summed E-state index contributed by atoms with van der Waals surface area (Å²) in [6, 6.07) is 10.8. The van der Waals surface area contributed by atoms with Crippen molar-refractivity contribution in [1.82, 2.24) is 4.98 Å². The largest absolute Gasteiger partial charge is 0.449 e. The van der Waals surface area contributed by atoms with E-state index >= 15 is 0 Å². The van der Waals surface area contributed by atoms with Crippen LogP contribution in [0.3, 0.4) is 0 Å². The summed E-state index contributed by atoms with van der Waals surface area (Å²) < 4.78 is 5.22. The van der Waals surface area contributed by atoms with Crippen LogP contribution < -0.4 is 5.32 Å². The molecular weight excluding hydrogens is 304 g/mol. The van der Waals surface area contributed by atoms with E-state index in [4.69, 9.17) is 4.74 Å². The molecule has 0 spiro atoms. The minimum absolute atomic E-state index is 0.330. The van der Waals surface area contributed by atoms with Gasteiger partial charge in [0.15, 0.2) is 6.10 Å². The topological polar surface area (TPSA) is 68.3 Å². The standard InChI is InChI=1S/C19H22N2O3/c1-4-13(2)16-7-5-6-8-17(16)21-18(22)14(3)24-19(23)15-9-11-20-12-10-15/h5-14H,4H2,1-3H3,(H,21,22)/t13-,14+/m1/s1. The van der Waals surface area contributed by atoms with Crippen LogP contribution in [0.15, 0.2) is 48.8 Å². The molecule has 0 radical (unpaired) electrons. The molecule has 0 aliphatic rings. The van der Waals surface area contributed by atoms with Gasteiger partial charge in [-0.2, -0.15) is 0 Å². The highest BCUT2D eigenvalue weighted by Gasteiger charge is 2.20. The predicted octanol–water partition coefficient (Wildman–Crippen LogP) is 3.78.